The fraction of sp³-hybridized carbons (Fsp3) is 0.333. The third-order valence-electron chi connectivity index (χ3n) is 2.69. The van der Waals surface area contributed by atoms with Crippen LogP contribution < -0.4 is 0 Å². The third kappa shape index (κ3) is 2.11. The van der Waals surface area contributed by atoms with E-state index in [2.05, 4.69) is 0 Å². The highest BCUT2D eigenvalue weighted by Crippen LogP contribution is 2.33. The Kier molecular flexibility index (Phi) is 2.76. The van der Waals surface area contributed by atoms with Crippen molar-refractivity contribution in [2.45, 2.75) is 25.1 Å². The molecule has 0 heterocycles. The zero-order valence-corrected chi connectivity index (χ0v) is 8.46. The minimum atomic E-state index is -4.32. The van der Waals surface area contributed by atoms with Crippen LogP contribution in [0.2, 0.25) is 0 Å². The number of rotatable bonds is 0. The highest BCUT2D eigenvalue weighted by molar-refractivity contribution is 5.37. The lowest BCUT2D eigenvalue weighted by atomic mass is 9.98. The third-order valence-corrected chi connectivity index (χ3v) is 2.69. The monoisotopic (exact) mass is 228 g/mol. The van der Waals surface area contributed by atoms with Gasteiger partial charge in [-0.15, -0.1) is 0 Å². The molecule has 1 N–H and O–H groups in total. The van der Waals surface area contributed by atoms with Gasteiger partial charge in [-0.3, -0.25) is 0 Å². The topological polar surface area (TPSA) is 20.2 Å². The van der Waals surface area contributed by atoms with Crippen molar-refractivity contribution >= 4 is 0 Å². The molecule has 0 amide bonds. The molecule has 0 aliphatic heterocycles. The van der Waals surface area contributed by atoms with Gasteiger partial charge < -0.3 is 5.11 Å². The van der Waals surface area contributed by atoms with Crippen LogP contribution in [0, 0.1) is 0 Å². The van der Waals surface area contributed by atoms with Gasteiger partial charge >= 0.3 is 6.18 Å². The summed E-state index contributed by atoms with van der Waals surface area (Å²) in [5, 5.41) is 9.70. The molecule has 4 heteroatoms. The van der Waals surface area contributed by atoms with Crippen molar-refractivity contribution in [3.63, 3.8) is 0 Å². The van der Waals surface area contributed by atoms with E-state index in [0.717, 1.165) is 12.1 Å². The largest absolute Gasteiger partial charge is 0.416 e. The molecule has 0 spiro atoms. The van der Waals surface area contributed by atoms with Crippen LogP contribution in [-0.2, 0) is 12.6 Å². The summed E-state index contributed by atoms with van der Waals surface area (Å²) >= 11 is 0. The molecule has 16 heavy (non-hydrogen) atoms. The molecule has 1 nitrogen and oxygen atoms in total. The maximum absolute atomic E-state index is 12.5. The van der Waals surface area contributed by atoms with Crippen LogP contribution in [0.5, 0.6) is 0 Å². The van der Waals surface area contributed by atoms with Gasteiger partial charge in [0.05, 0.1) is 11.7 Å². The van der Waals surface area contributed by atoms with Gasteiger partial charge in [-0.2, -0.15) is 13.2 Å². The van der Waals surface area contributed by atoms with Gasteiger partial charge in [-0.1, -0.05) is 18.2 Å². The van der Waals surface area contributed by atoms with E-state index < -0.39 is 17.8 Å². The lowest BCUT2D eigenvalue weighted by molar-refractivity contribution is -0.137. The zero-order chi connectivity index (χ0) is 11.8. The zero-order valence-electron chi connectivity index (χ0n) is 8.46. The number of allylic oxidation sites excluding steroid dienone is 1. The second-order valence-electron chi connectivity index (χ2n) is 3.84. The standard InChI is InChI=1S/C12H11F3O/c13-12(14,15)9-5-6-10-8(7-9)3-1-2-4-11(10)16/h1-2,5-7,11,16H,3-4H2/t11-/m1/s1. The highest BCUT2D eigenvalue weighted by atomic mass is 19.4. The van der Waals surface area contributed by atoms with E-state index in [-0.39, 0.29) is 0 Å². The predicted octanol–water partition coefficient (Wildman–Crippen LogP) is 3.24. The molecule has 0 aromatic heterocycles. The van der Waals surface area contributed by atoms with Gasteiger partial charge in [0, 0.05) is 0 Å². The molecule has 1 atom stereocenters. The summed E-state index contributed by atoms with van der Waals surface area (Å²) in [4.78, 5) is 0. The Hall–Kier alpha value is -1.29. The Labute approximate surface area is 91.2 Å². The molecule has 0 radical (unpaired) electrons. The van der Waals surface area contributed by atoms with E-state index in [9.17, 15) is 18.3 Å². The van der Waals surface area contributed by atoms with Crippen molar-refractivity contribution in [1.82, 2.24) is 0 Å². The Morgan fingerprint density at radius 1 is 1.19 bits per heavy atom. The van der Waals surface area contributed by atoms with Gasteiger partial charge in [0.2, 0.25) is 0 Å². The molecular formula is C12H11F3O. The summed E-state index contributed by atoms with van der Waals surface area (Å²) in [6.45, 7) is 0. The molecule has 0 saturated carbocycles. The molecule has 0 unspecified atom stereocenters. The smallest absolute Gasteiger partial charge is 0.388 e. The Balaban J connectivity index is 2.45. The van der Waals surface area contributed by atoms with Crippen LogP contribution in [-0.4, -0.2) is 5.11 Å². The Bertz CT molecular complexity index is 421. The van der Waals surface area contributed by atoms with Crippen molar-refractivity contribution in [2.24, 2.45) is 0 Å². The van der Waals surface area contributed by atoms with Crippen LogP contribution in [0.15, 0.2) is 30.4 Å². The predicted molar refractivity (Wildman–Crippen MR) is 53.9 cm³/mol. The molecule has 0 bridgehead atoms. The number of hydrogen-bond acceptors (Lipinski definition) is 1. The van der Waals surface area contributed by atoms with Gasteiger partial charge in [-0.05, 0) is 36.1 Å². The average molecular weight is 228 g/mol. The van der Waals surface area contributed by atoms with E-state index in [4.69, 9.17) is 0 Å². The quantitative estimate of drug-likeness (QED) is 0.676. The highest BCUT2D eigenvalue weighted by Gasteiger charge is 2.31. The first kappa shape index (κ1) is 11.2. The maximum Gasteiger partial charge on any atom is 0.416 e. The van der Waals surface area contributed by atoms with Crippen molar-refractivity contribution in [1.29, 1.82) is 0 Å². The van der Waals surface area contributed by atoms with Gasteiger partial charge in [0.15, 0.2) is 0 Å². The van der Waals surface area contributed by atoms with Crippen molar-refractivity contribution in [2.75, 3.05) is 0 Å². The second-order valence-corrected chi connectivity index (χ2v) is 3.84. The first-order valence-electron chi connectivity index (χ1n) is 5.01. The normalized spacial score (nSPS) is 20.4. The molecule has 1 aliphatic rings. The van der Waals surface area contributed by atoms with Crippen molar-refractivity contribution in [3.05, 3.63) is 47.0 Å². The van der Waals surface area contributed by atoms with E-state index in [0.29, 0.717) is 24.0 Å². The SMILES string of the molecule is O[C@@H]1CC=CCc2cc(C(F)(F)F)ccc21. The number of aliphatic hydroxyl groups is 1. The van der Waals surface area contributed by atoms with Gasteiger partial charge in [-0.25, -0.2) is 0 Å². The Morgan fingerprint density at radius 2 is 1.94 bits per heavy atom. The van der Waals surface area contributed by atoms with Crippen molar-refractivity contribution in [3.8, 4) is 0 Å². The summed E-state index contributed by atoms with van der Waals surface area (Å²) in [5.41, 5.74) is 0.489. The van der Waals surface area contributed by atoms with E-state index in [1.54, 1.807) is 12.2 Å². The number of alkyl halides is 3. The second kappa shape index (κ2) is 3.94. The molecule has 1 aliphatic carbocycles. The average Bonchev–Trinajstić information content (AvgIpc) is 2.39. The molecular weight excluding hydrogens is 217 g/mol. The van der Waals surface area contributed by atoms with Gasteiger partial charge in [0.25, 0.3) is 0 Å². The first-order valence-corrected chi connectivity index (χ1v) is 5.01. The summed E-state index contributed by atoms with van der Waals surface area (Å²) in [6, 6.07) is 3.51. The number of fused-ring (bicyclic) bond motifs is 1. The number of aliphatic hydroxyl groups excluding tert-OH is 1. The summed E-state index contributed by atoms with van der Waals surface area (Å²) < 4.78 is 37.4. The molecule has 1 aromatic carbocycles. The summed E-state index contributed by atoms with van der Waals surface area (Å²) in [5.74, 6) is 0. The lowest BCUT2D eigenvalue weighted by Gasteiger charge is -2.14. The van der Waals surface area contributed by atoms with Crippen LogP contribution in [0.3, 0.4) is 0 Å². The van der Waals surface area contributed by atoms with Crippen molar-refractivity contribution < 1.29 is 18.3 Å². The molecule has 2 rings (SSSR count). The number of hydrogen-bond donors (Lipinski definition) is 1. The minimum absolute atomic E-state index is 0.441. The lowest BCUT2D eigenvalue weighted by Crippen LogP contribution is -2.07. The van der Waals surface area contributed by atoms with Crippen LogP contribution in [0.4, 0.5) is 13.2 Å². The summed E-state index contributed by atoms with van der Waals surface area (Å²) in [6.07, 6.45) is -0.548. The number of halogens is 3. The van der Waals surface area contributed by atoms with Gasteiger partial charge in [0.1, 0.15) is 0 Å². The van der Waals surface area contributed by atoms with Crippen LogP contribution in [0.25, 0.3) is 0 Å². The van der Waals surface area contributed by atoms with Crippen LogP contribution in [0.1, 0.15) is 29.2 Å². The van der Waals surface area contributed by atoms with E-state index in [1.807, 2.05) is 0 Å². The van der Waals surface area contributed by atoms with Crippen LogP contribution >= 0.6 is 0 Å². The molecule has 0 fully saturated rings. The summed E-state index contributed by atoms with van der Waals surface area (Å²) in [7, 11) is 0. The number of benzene rings is 1. The fourth-order valence-electron chi connectivity index (χ4n) is 1.85. The van der Waals surface area contributed by atoms with E-state index in [1.165, 1.54) is 6.07 Å². The minimum Gasteiger partial charge on any atom is -0.388 e. The maximum atomic E-state index is 12.5. The van der Waals surface area contributed by atoms with E-state index >= 15 is 0 Å². The fourth-order valence-corrected chi connectivity index (χ4v) is 1.85. The first-order chi connectivity index (χ1) is 7.48. The molecule has 1 aromatic rings. The molecule has 0 saturated heterocycles. The Morgan fingerprint density at radius 3 is 2.62 bits per heavy atom. The molecule has 86 valence electrons.